The van der Waals surface area contributed by atoms with Gasteiger partial charge in [0.15, 0.2) is 0 Å². The molecule has 17 heavy (non-hydrogen) atoms. The minimum atomic E-state index is 0.882. The third-order valence-corrected chi connectivity index (χ3v) is 4.76. The molecule has 0 amide bonds. The van der Waals surface area contributed by atoms with Crippen LogP contribution in [0.15, 0.2) is 11.6 Å². The number of rotatable bonds is 2. The van der Waals surface area contributed by atoms with Gasteiger partial charge in [0.05, 0.1) is 6.54 Å². The van der Waals surface area contributed by atoms with Crippen LogP contribution in [0.4, 0.5) is 0 Å². The van der Waals surface area contributed by atoms with Crippen molar-refractivity contribution in [3.63, 3.8) is 0 Å². The second kappa shape index (κ2) is 4.50. The molecule has 0 aromatic carbocycles. The van der Waals surface area contributed by atoms with Crippen LogP contribution in [0.1, 0.15) is 29.8 Å². The minimum Gasteiger partial charge on any atom is -0.296 e. The average molecular weight is 249 g/mol. The first-order chi connectivity index (χ1) is 8.20. The fraction of sp³-hybridized carbons (Fsp3) is 0.692. The molecule has 2 aliphatic rings. The van der Waals surface area contributed by atoms with Crippen molar-refractivity contribution in [1.82, 2.24) is 15.1 Å². The second-order valence-corrected chi connectivity index (χ2v) is 6.69. The van der Waals surface area contributed by atoms with Gasteiger partial charge in [-0.05, 0) is 38.5 Å². The number of allylic oxidation sites excluding steroid dienone is 2. The summed E-state index contributed by atoms with van der Waals surface area (Å²) in [4.78, 5) is 2.56. The lowest BCUT2D eigenvalue weighted by Crippen LogP contribution is -2.20. The van der Waals surface area contributed by atoms with Gasteiger partial charge in [-0.3, -0.25) is 4.90 Å². The first-order valence-electron chi connectivity index (χ1n) is 6.37. The highest BCUT2D eigenvalue weighted by Crippen LogP contribution is 2.36. The van der Waals surface area contributed by atoms with Crippen LogP contribution in [0.2, 0.25) is 0 Å². The van der Waals surface area contributed by atoms with E-state index in [0.717, 1.165) is 23.4 Å². The molecule has 1 saturated heterocycles. The summed E-state index contributed by atoms with van der Waals surface area (Å²) in [6.45, 7) is 7.78. The van der Waals surface area contributed by atoms with E-state index in [1.807, 2.05) is 6.92 Å². The summed E-state index contributed by atoms with van der Waals surface area (Å²) in [5.41, 5.74) is 1.58. The molecule has 0 radical (unpaired) electrons. The van der Waals surface area contributed by atoms with E-state index in [1.54, 1.807) is 16.9 Å². The Bertz CT molecular complexity index is 438. The van der Waals surface area contributed by atoms with Crippen LogP contribution in [-0.2, 0) is 6.54 Å². The van der Waals surface area contributed by atoms with Gasteiger partial charge in [0.25, 0.3) is 0 Å². The van der Waals surface area contributed by atoms with Crippen LogP contribution in [0.25, 0.3) is 0 Å². The molecular weight excluding hydrogens is 230 g/mol. The van der Waals surface area contributed by atoms with Gasteiger partial charge in [0, 0.05) is 13.1 Å². The van der Waals surface area contributed by atoms with E-state index in [-0.39, 0.29) is 0 Å². The molecule has 0 saturated carbocycles. The first-order valence-corrected chi connectivity index (χ1v) is 7.19. The van der Waals surface area contributed by atoms with Gasteiger partial charge in [-0.25, -0.2) is 0 Å². The Morgan fingerprint density at radius 2 is 2.12 bits per heavy atom. The maximum atomic E-state index is 4.23. The van der Waals surface area contributed by atoms with Crippen molar-refractivity contribution in [2.45, 2.75) is 33.2 Å². The lowest BCUT2D eigenvalue weighted by atomic mass is 9.83. The van der Waals surface area contributed by atoms with Crippen molar-refractivity contribution in [3.8, 4) is 0 Å². The number of hydrogen-bond donors (Lipinski definition) is 0. The average Bonchev–Trinajstić information content (AvgIpc) is 2.84. The molecule has 92 valence electrons. The fourth-order valence-electron chi connectivity index (χ4n) is 3.11. The van der Waals surface area contributed by atoms with Crippen LogP contribution >= 0.6 is 11.3 Å². The topological polar surface area (TPSA) is 29.0 Å². The zero-order valence-electron chi connectivity index (χ0n) is 10.5. The highest BCUT2D eigenvalue weighted by atomic mass is 32.1. The zero-order chi connectivity index (χ0) is 11.8. The number of fused-ring (bicyclic) bond motifs is 1. The minimum absolute atomic E-state index is 0.882. The number of likely N-dealkylation sites (tertiary alicyclic amines) is 1. The second-order valence-electron chi connectivity index (χ2n) is 5.42. The first kappa shape index (κ1) is 11.4. The Balaban J connectivity index is 1.62. The van der Waals surface area contributed by atoms with Gasteiger partial charge in [0.2, 0.25) is 0 Å². The van der Waals surface area contributed by atoms with E-state index in [0.29, 0.717) is 0 Å². The van der Waals surface area contributed by atoms with E-state index in [9.17, 15) is 0 Å². The lowest BCUT2D eigenvalue weighted by Gasteiger charge is -2.22. The molecule has 1 aliphatic heterocycles. The van der Waals surface area contributed by atoms with Gasteiger partial charge in [-0.15, -0.1) is 21.5 Å². The Kier molecular flexibility index (Phi) is 3.01. The molecule has 2 atom stereocenters. The van der Waals surface area contributed by atoms with Gasteiger partial charge in [-0.2, -0.15) is 0 Å². The number of aromatic nitrogens is 2. The molecule has 0 N–H and O–H groups in total. The third-order valence-electron chi connectivity index (χ3n) is 3.93. The largest absolute Gasteiger partial charge is 0.296 e. The number of hydrogen-bond acceptors (Lipinski definition) is 4. The monoisotopic (exact) mass is 249 g/mol. The molecular formula is C13H19N3S. The predicted molar refractivity (Wildman–Crippen MR) is 69.9 cm³/mol. The van der Waals surface area contributed by atoms with Crippen LogP contribution in [-0.4, -0.2) is 28.2 Å². The predicted octanol–water partition coefficient (Wildman–Crippen LogP) is 2.63. The normalized spacial score (nSPS) is 29.2. The van der Waals surface area contributed by atoms with Gasteiger partial charge in [0.1, 0.15) is 10.0 Å². The molecule has 0 bridgehead atoms. The smallest absolute Gasteiger partial charge is 0.131 e. The summed E-state index contributed by atoms with van der Waals surface area (Å²) in [5.74, 6) is 1.77. The van der Waals surface area contributed by atoms with Gasteiger partial charge < -0.3 is 0 Å². The summed E-state index contributed by atoms with van der Waals surface area (Å²) in [6.07, 6.45) is 5.01. The molecule has 3 rings (SSSR count). The van der Waals surface area contributed by atoms with Crippen molar-refractivity contribution in [2.75, 3.05) is 13.1 Å². The summed E-state index contributed by atoms with van der Waals surface area (Å²) in [6, 6.07) is 0. The Morgan fingerprint density at radius 1 is 1.29 bits per heavy atom. The van der Waals surface area contributed by atoms with Crippen molar-refractivity contribution >= 4 is 11.3 Å². The molecule has 4 heteroatoms. The molecule has 1 aromatic heterocycles. The fourth-order valence-corrected chi connectivity index (χ4v) is 3.86. The summed E-state index contributed by atoms with van der Waals surface area (Å²) < 4.78 is 0. The van der Waals surface area contributed by atoms with Crippen molar-refractivity contribution in [3.05, 3.63) is 21.7 Å². The van der Waals surface area contributed by atoms with Crippen molar-refractivity contribution < 1.29 is 0 Å². The third kappa shape index (κ3) is 2.43. The molecule has 1 aromatic rings. The highest BCUT2D eigenvalue weighted by Gasteiger charge is 2.34. The Morgan fingerprint density at radius 3 is 2.88 bits per heavy atom. The van der Waals surface area contributed by atoms with Crippen LogP contribution in [0, 0.1) is 18.8 Å². The quantitative estimate of drug-likeness (QED) is 0.755. The van der Waals surface area contributed by atoms with E-state index >= 15 is 0 Å². The van der Waals surface area contributed by atoms with Crippen LogP contribution in [0.5, 0.6) is 0 Å². The summed E-state index contributed by atoms with van der Waals surface area (Å²) in [5, 5.41) is 10.6. The Labute approximate surface area is 107 Å². The number of nitrogens with zero attached hydrogens (tertiary/aromatic N) is 3. The highest BCUT2D eigenvalue weighted by molar-refractivity contribution is 7.11. The molecule has 1 fully saturated rings. The van der Waals surface area contributed by atoms with Crippen LogP contribution in [0.3, 0.4) is 0 Å². The standard InChI is InChI=1S/C13H19N3S/c1-9-3-4-11-6-16(7-12(11)5-9)8-13-15-14-10(2)17-13/h3,11-12H,4-8H2,1-2H3/t11-,12+/m1/s1. The van der Waals surface area contributed by atoms with Gasteiger partial charge in [-0.1, -0.05) is 11.6 Å². The van der Waals surface area contributed by atoms with Crippen molar-refractivity contribution in [2.24, 2.45) is 11.8 Å². The SMILES string of the molecule is CC1=CC[C@@H]2CN(Cc3nnc(C)s3)C[C@@H]2C1. The van der Waals surface area contributed by atoms with E-state index in [2.05, 4.69) is 28.1 Å². The molecule has 0 spiro atoms. The van der Waals surface area contributed by atoms with E-state index < -0.39 is 0 Å². The molecule has 1 aliphatic carbocycles. The van der Waals surface area contributed by atoms with Crippen LogP contribution < -0.4 is 0 Å². The lowest BCUT2D eigenvalue weighted by molar-refractivity contribution is 0.312. The molecule has 0 unspecified atom stereocenters. The Hall–Kier alpha value is -0.740. The zero-order valence-corrected chi connectivity index (χ0v) is 11.3. The van der Waals surface area contributed by atoms with Crippen molar-refractivity contribution in [1.29, 1.82) is 0 Å². The summed E-state index contributed by atoms with van der Waals surface area (Å²) >= 11 is 1.73. The van der Waals surface area contributed by atoms with Gasteiger partial charge >= 0.3 is 0 Å². The molecule has 2 heterocycles. The van der Waals surface area contributed by atoms with E-state index in [4.69, 9.17) is 0 Å². The maximum Gasteiger partial charge on any atom is 0.131 e. The number of aryl methyl sites for hydroxylation is 1. The van der Waals surface area contributed by atoms with E-state index in [1.165, 1.54) is 30.9 Å². The maximum absolute atomic E-state index is 4.23. The molecule has 3 nitrogen and oxygen atoms in total. The summed E-state index contributed by atoms with van der Waals surface area (Å²) in [7, 11) is 0.